The predicted octanol–water partition coefficient (Wildman–Crippen LogP) is -0.743. The van der Waals surface area contributed by atoms with Crippen LogP contribution in [0.25, 0.3) is 0 Å². The summed E-state index contributed by atoms with van der Waals surface area (Å²) in [7, 11) is 0. The maximum absolute atomic E-state index is 9.39. The Morgan fingerprint density at radius 3 is 2.67 bits per heavy atom. The molecule has 0 aliphatic heterocycles. The van der Waals surface area contributed by atoms with Gasteiger partial charge in [0.05, 0.1) is 0 Å². The molecule has 0 radical (unpaired) electrons. The molecular formula is C3H8N2O. The molecule has 3 nitrogen and oxygen atoms in total. The number of nitrogens with one attached hydrogen (secondary N) is 2. The van der Waals surface area contributed by atoms with Crippen LogP contribution in [-0.4, -0.2) is 13.0 Å². The van der Waals surface area contributed by atoms with Gasteiger partial charge < -0.3 is 0 Å². The molecule has 0 aromatic heterocycles. The second-order valence-corrected chi connectivity index (χ2v) is 0.793. The van der Waals surface area contributed by atoms with Crippen molar-refractivity contribution in [1.29, 1.82) is 0 Å². The molecule has 0 aliphatic carbocycles. The fraction of sp³-hybridized carbons (Fsp3) is 0.667. The zero-order valence-electron chi connectivity index (χ0n) is 3.69. The van der Waals surface area contributed by atoms with Crippen molar-refractivity contribution in [3.8, 4) is 0 Å². The number of hydrogen-bond donors (Lipinski definition) is 2. The quantitative estimate of drug-likeness (QED) is 0.271. The van der Waals surface area contributed by atoms with E-state index in [1.54, 1.807) is 0 Å². The Bertz CT molecular complexity index is 37.8. The molecule has 0 heterocycles. The molecule has 1 amide bonds. The van der Waals surface area contributed by atoms with Crippen molar-refractivity contribution >= 4 is 6.41 Å². The molecular weight excluding hydrogens is 80.0 g/mol. The highest BCUT2D eigenvalue weighted by Crippen LogP contribution is 1.37. The number of carbonyl (C=O) groups is 1. The molecule has 0 aromatic carbocycles. The molecule has 3 heteroatoms. The second kappa shape index (κ2) is 4.43. The van der Waals surface area contributed by atoms with Gasteiger partial charge in [-0.25, -0.2) is 5.43 Å². The van der Waals surface area contributed by atoms with E-state index < -0.39 is 0 Å². The third kappa shape index (κ3) is 3.43. The molecule has 0 atom stereocenters. The highest BCUT2D eigenvalue weighted by Gasteiger charge is 1.65. The van der Waals surface area contributed by atoms with Crippen LogP contribution in [0, 0.1) is 0 Å². The summed E-state index contributed by atoms with van der Waals surface area (Å²) in [6.45, 7) is 2.66. The van der Waals surface area contributed by atoms with Crippen molar-refractivity contribution in [1.82, 2.24) is 10.9 Å². The van der Waals surface area contributed by atoms with Gasteiger partial charge in [0.15, 0.2) is 0 Å². The highest BCUT2D eigenvalue weighted by molar-refractivity contribution is 5.44. The van der Waals surface area contributed by atoms with Gasteiger partial charge in [0.2, 0.25) is 6.41 Å². The van der Waals surface area contributed by atoms with Crippen molar-refractivity contribution in [3.63, 3.8) is 0 Å². The molecule has 0 saturated heterocycles. The van der Waals surface area contributed by atoms with Gasteiger partial charge in [0.1, 0.15) is 0 Å². The minimum Gasteiger partial charge on any atom is -0.294 e. The molecule has 0 rings (SSSR count). The van der Waals surface area contributed by atoms with E-state index in [9.17, 15) is 4.79 Å². The predicted molar refractivity (Wildman–Crippen MR) is 22.9 cm³/mol. The largest absolute Gasteiger partial charge is 0.294 e. The van der Waals surface area contributed by atoms with Crippen LogP contribution in [0.5, 0.6) is 0 Å². The summed E-state index contributed by atoms with van der Waals surface area (Å²) >= 11 is 0. The molecule has 0 aliphatic rings. The van der Waals surface area contributed by atoms with E-state index in [2.05, 4.69) is 10.9 Å². The summed E-state index contributed by atoms with van der Waals surface area (Å²) in [4.78, 5) is 9.39. The van der Waals surface area contributed by atoms with E-state index in [4.69, 9.17) is 0 Å². The molecule has 0 unspecified atom stereocenters. The molecule has 0 bridgehead atoms. The number of rotatable bonds is 3. The average Bonchev–Trinajstić information content (AvgIpc) is 1.61. The van der Waals surface area contributed by atoms with Gasteiger partial charge in [-0.3, -0.25) is 10.2 Å². The minimum absolute atomic E-state index is 0.601. The van der Waals surface area contributed by atoms with E-state index in [1.807, 2.05) is 6.92 Å². The monoisotopic (exact) mass is 88.1 g/mol. The summed E-state index contributed by atoms with van der Waals surface area (Å²) in [6, 6.07) is 0. The van der Waals surface area contributed by atoms with Gasteiger partial charge in [-0.05, 0) is 0 Å². The molecule has 36 valence electrons. The van der Waals surface area contributed by atoms with Gasteiger partial charge >= 0.3 is 0 Å². The minimum atomic E-state index is 0.601. The SMILES string of the molecule is CCNNC=O. The molecule has 0 spiro atoms. The standard InChI is InChI=1S/C3H8N2O/c1-2-4-5-3-6/h3-4H,2H2,1H3,(H,5,6). The van der Waals surface area contributed by atoms with E-state index in [1.165, 1.54) is 0 Å². The van der Waals surface area contributed by atoms with Gasteiger partial charge in [0.25, 0.3) is 0 Å². The van der Waals surface area contributed by atoms with Crippen molar-refractivity contribution < 1.29 is 4.79 Å². The number of carbonyl (C=O) groups excluding carboxylic acids is 1. The van der Waals surface area contributed by atoms with E-state index in [0.29, 0.717) is 6.41 Å². The first kappa shape index (κ1) is 5.43. The highest BCUT2D eigenvalue weighted by atomic mass is 16.1. The smallest absolute Gasteiger partial charge is 0.221 e. The van der Waals surface area contributed by atoms with Crippen LogP contribution >= 0.6 is 0 Å². The first-order valence-electron chi connectivity index (χ1n) is 1.84. The maximum Gasteiger partial charge on any atom is 0.221 e. The fourth-order valence-corrected chi connectivity index (χ4v) is 0.144. The first-order valence-corrected chi connectivity index (χ1v) is 1.84. The van der Waals surface area contributed by atoms with Crippen LogP contribution < -0.4 is 10.9 Å². The summed E-state index contributed by atoms with van der Waals surface area (Å²) in [6.07, 6.45) is 0.601. The molecule has 6 heavy (non-hydrogen) atoms. The van der Waals surface area contributed by atoms with Gasteiger partial charge in [-0.2, -0.15) is 0 Å². The first-order chi connectivity index (χ1) is 2.91. The van der Waals surface area contributed by atoms with Crippen LogP contribution in [0.1, 0.15) is 6.92 Å². The molecule has 0 aromatic rings. The summed E-state index contributed by atoms with van der Waals surface area (Å²) in [5.41, 5.74) is 4.85. The van der Waals surface area contributed by atoms with Crippen molar-refractivity contribution in [2.24, 2.45) is 0 Å². The van der Waals surface area contributed by atoms with Crippen LogP contribution in [0.3, 0.4) is 0 Å². The lowest BCUT2D eigenvalue weighted by Crippen LogP contribution is -2.29. The number of hydrazine groups is 1. The number of amides is 1. The lowest BCUT2D eigenvalue weighted by Gasteiger charge is -1.90. The van der Waals surface area contributed by atoms with Crippen LogP contribution in [0.2, 0.25) is 0 Å². The van der Waals surface area contributed by atoms with Crippen molar-refractivity contribution in [2.75, 3.05) is 6.54 Å². The third-order valence-corrected chi connectivity index (χ3v) is 0.338. The Morgan fingerprint density at radius 2 is 2.50 bits per heavy atom. The van der Waals surface area contributed by atoms with Crippen LogP contribution in [0.4, 0.5) is 0 Å². The zero-order chi connectivity index (χ0) is 4.83. The van der Waals surface area contributed by atoms with Gasteiger partial charge in [0, 0.05) is 6.54 Å². The Balaban J connectivity index is 2.49. The second-order valence-electron chi connectivity index (χ2n) is 0.793. The summed E-state index contributed by atoms with van der Waals surface area (Å²) in [5.74, 6) is 0. The summed E-state index contributed by atoms with van der Waals surface area (Å²) < 4.78 is 0. The average molecular weight is 88.1 g/mol. The molecule has 0 saturated carbocycles. The van der Waals surface area contributed by atoms with E-state index in [0.717, 1.165) is 6.54 Å². The topological polar surface area (TPSA) is 41.1 Å². The van der Waals surface area contributed by atoms with Crippen LogP contribution in [0.15, 0.2) is 0 Å². The zero-order valence-corrected chi connectivity index (χ0v) is 3.69. The molecule has 0 fully saturated rings. The van der Waals surface area contributed by atoms with Gasteiger partial charge in [-0.1, -0.05) is 6.92 Å². The Hall–Kier alpha value is -0.570. The van der Waals surface area contributed by atoms with Crippen molar-refractivity contribution in [2.45, 2.75) is 6.92 Å². The Morgan fingerprint density at radius 1 is 1.83 bits per heavy atom. The Kier molecular flexibility index (Phi) is 4.01. The third-order valence-electron chi connectivity index (χ3n) is 0.338. The Labute approximate surface area is 36.7 Å². The van der Waals surface area contributed by atoms with Crippen molar-refractivity contribution in [3.05, 3.63) is 0 Å². The molecule has 2 N–H and O–H groups in total. The summed E-state index contributed by atoms with van der Waals surface area (Å²) in [5, 5.41) is 0. The lowest BCUT2D eigenvalue weighted by molar-refractivity contribution is -0.110. The number of hydrogen-bond acceptors (Lipinski definition) is 2. The van der Waals surface area contributed by atoms with Gasteiger partial charge in [-0.15, -0.1) is 0 Å². The lowest BCUT2D eigenvalue weighted by atomic mass is 10.8. The fourth-order valence-electron chi connectivity index (χ4n) is 0.144. The normalized spacial score (nSPS) is 7.50. The maximum atomic E-state index is 9.39. The van der Waals surface area contributed by atoms with E-state index >= 15 is 0 Å². The van der Waals surface area contributed by atoms with E-state index in [-0.39, 0.29) is 0 Å². The van der Waals surface area contributed by atoms with Crippen LogP contribution in [-0.2, 0) is 4.79 Å².